The van der Waals surface area contributed by atoms with Gasteiger partial charge < -0.3 is 19.3 Å². The molecule has 8 heteroatoms. The first-order valence-electron chi connectivity index (χ1n) is 25.7. The molecule has 0 heterocycles. The third-order valence-corrected chi connectivity index (χ3v) is 19.1. The minimum Gasteiger partial charge on any atom is -0.466 e. The van der Waals surface area contributed by atoms with Crippen molar-refractivity contribution in [1.82, 2.24) is 0 Å². The van der Waals surface area contributed by atoms with Gasteiger partial charge in [-0.25, -0.2) is 0 Å². The molecule has 0 aliphatic heterocycles. The largest absolute Gasteiger partial charge is 0.466 e. The zero-order chi connectivity index (χ0) is 47.5. The molecule has 8 nitrogen and oxygen atoms in total. The fourth-order valence-electron chi connectivity index (χ4n) is 13.9. The van der Waals surface area contributed by atoms with Crippen LogP contribution in [0.15, 0.2) is 0 Å². The van der Waals surface area contributed by atoms with Crippen molar-refractivity contribution in [3.05, 3.63) is 0 Å². The van der Waals surface area contributed by atoms with Gasteiger partial charge in [0.25, 0.3) is 0 Å². The van der Waals surface area contributed by atoms with Crippen LogP contribution in [0.2, 0.25) is 0 Å². The van der Waals surface area contributed by atoms with Crippen LogP contribution in [-0.2, 0) is 28.6 Å². The van der Waals surface area contributed by atoms with E-state index in [-0.39, 0.29) is 40.8 Å². The number of aliphatic hydroxyl groups is 1. The van der Waals surface area contributed by atoms with Crippen molar-refractivity contribution in [1.29, 1.82) is 5.26 Å². The van der Waals surface area contributed by atoms with Gasteiger partial charge in [0.05, 0.1) is 35.5 Å². The van der Waals surface area contributed by atoms with Crippen LogP contribution in [0, 0.1) is 90.7 Å². The third kappa shape index (κ3) is 12.1. The van der Waals surface area contributed by atoms with Gasteiger partial charge in [-0.15, -0.1) is 0 Å². The number of nitrogens with zero attached hydrogens (tertiary/aromatic N) is 1. The lowest BCUT2D eigenvalue weighted by Crippen LogP contribution is -2.64. The second-order valence-corrected chi connectivity index (χ2v) is 25.5. The highest BCUT2D eigenvalue weighted by molar-refractivity contribution is 5.76. The average Bonchev–Trinajstić information content (AvgIpc) is 3.88. The lowest BCUT2D eigenvalue weighted by molar-refractivity contribution is -0.234. The normalized spacial score (nSPS) is 37.0. The Kier molecular flexibility index (Phi) is 17.3. The Bertz CT molecular complexity index is 1560. The molecular weight excluding hydrogens is 787 g/mol. The van der Waals surface area contributed by atoms with E-state index in [0.717, 1.165) is 62.7 Å². The smallest absolute Gasteiger partial charge is 0.311 e. The van der Waals surface area contributed by atoms with Gasteiger partial charge in [0.2, 0.25) is 0 Å². The Morgan fingerprint density at radius 2 is 0.984 bits per heavy atom. The number of carbonyl (C=O) groups excluding carboxylic acids is 3. The Hall–Kier alpha value is -2.14. The number of rotatable bonds is 11. The molecule has 4 atom stereocenters. The highest BCUT2D eigenvalue weighted by Gasteiger charge is 2.67. The molecule has 10 bridgehead atoms. The highest BCUT2D eigenvalue weighted by Crippen LogP contribution is 2.75. The predicted octanol–water partition coefficient (Wildman–Crippen LogP) is 13.5. The molecule has 0 amide bonds. The van der Waals surface area contributed by atoms with E-state index in [1.54, 1.807) is 38.2 Å². The molecule has 1 N–H and O–H groups in total. The Morgan fingerprint density at radius 3 is 1.35 bits per heavy atom. The maximum atomic E-state index is 12.5. The molecule has 10 aliphatic rings. The summed E-state index contributed by atoms with van der Waals surface area (Å²) in [5, 5.41) is 18.4. The number of esters is 3. The second-order valence-electron chi connectivity index (χ2n) is 25.5. The summed E-state index contributed by atoms with van der Waals surface area (Å²) in [5.41, 5.74) is -0.338. The van der Waals surface area contributed by atoms with Crippen molar-refractivity contribution in [3.63, 3.8) is 0 Å². The van der Waals surface area contributed by atoms with Crippen molar-refractivity contribution >= 4 is 17.9 Å². The van der Waals surface area contributed by atoms with Gasteiger partial charge in [-0.05, 0) is 196 Å². The summed E-state index contributed by atoms with van der Waals surface area (Å²) in [7, 11) is 0. The first-order valence-corrected chi connectivity index (χ1v) is 25.7. The molecule has 10 fully saturated rings. The van der Waals surface area contributed by atoms with E-state index in [1.807, 2.05) is 62.3 Å². The molecule has 0 aromatic heterocycles. The molecule has 0 spiro atoms. The van der Waals surface area contributed by atoms with E-state index in [2.05, 4.69) is 34.6 Å². The maximum absolute atomic E-state index is 12.5. The Morgan fingerprint density at radius 1 is 0.587 bits per heavy atom. The van der Waals surface area contributed by atoms with Crippen LogP contribution in [0.3, 0.4) is 0 Å². The van der Waals surface area contributed by atoms with Crippen molar-refractivity contribution in [2.24, 2.45) is 79.3 Å². The van der Waals surface area contributed by atoms with Crippen LogP contribution in [0.4, 0.5) is 0 Å². The molecule has 10 rings (SSSR count). The van der Waals surface area contributed by atoms with Gasteiger partial charge >= 0.3 is 17.9 Å². The quantitative estimate of drug-likeness (QED) is 0.161. The summed E-state index contributed by atoms with van der Waals surface area (Å²) in [4.78, 5) is 35.7. The van der Waals surface area contributed by atoms with E-state index < -0.39 is 11.0 Å². The van der Waals surface area contributed by atoms with Gasteiger partial charge in [0, 0.05) is 12.3 Å². The third-order valence-electron chi connectivity index (χ3n) is 19.1. The van der Waals surface area contributed by atoms with Crippen LogP contribution in [0.1, 0.15) is 219 Å². The second kappa shape index (κ2) is 20.4. The van der Waals surface area contributed by atoms with E-state index >= 15 is 0 Å². The highest BCUT2D eigenvalue weighted by atomic mass is 16.5. The summed E-state index contributed by atoms with van der Waals surface area (Å²) in [6, 6.07) is 1.75. The summed E-state index contributed by atoms with van der Waals surface area (Å²) in [6.45, 7) is 32.2. The summed E-state index contributed by atoms with van der Waals surface area (Å²) >= 11 is 0. The molecule has 0 aromatic rings. The lowest BCUT2D eigenvalue weighted by Gasteiger charge is -2.71. The fraction of sp³-hybridized carbons (Fsp3) is 0.927. The molecule has 362 valence electrons. The van der Waals surface area contributed by atoms with Crippen molar-refractivity contribution in [3.8, 4) is 6.07 Å². The summed E-state index contributed by atoms with van der Waals surface area (Å²) in [5.74, 6) is 5.21. The van der Waals surface area contributed by atoms with Gasteiger partial charge in [-0.2, -0.15) is 5.26 Å². The zero-order valence-electron chi connectivity index (χ0n) is 43.2. The molecule has 10 aliphatic carbocycles. The van der Waals surface area contributed by atoms with Crippen molar-refractivity contribution < 1.29 is 33.7 Å². The lowest BCUT2D eigenvalue weighted by atomic mass is 9.33. The number of hydrogen-bond acceptors (Lipinski definition) is 8. The number of hydrogen-bond donors (Lipinski definition) is 1. The van der Waals surface area contributed by atoms with Gasteiger partial charge in [0.15, 0.2) is 0 Å². The molecule has 10 saturated carbocycles. The van der Waals surface area contributed by atoms with E-state index in [1.165, 1.54) is 57.3 Å². The van der Waals surface area contributed by atoms with Gasteiger partial charge in [0.1, 0.15) is 12.2 Å². The van der Waals surface area contributed by atoms with E-state index in [4.69, 9.17) is 19.5 Å². The topological polar surface area (TPSA) is 123 Å². The number of ether oxygens (including phenoxy) is 3. The first-order chi connectivity index (χ1) is 29.1. The first kappa shape index (κ1) is 53.5. The Balaban J connectivity index is 0.000000196. The van der Waals surface area contributed by atoms with Crippen LogP contribution >= 0.6 is 0 Å². The average molecular weight is 882 g/mol. The van der Waals surface area contributed by atoms with Crippen LogP contribution in [0.25, 0.3) is 0 Å². The SMILES string of the molecule is C1CC2CCC1C2.CC#N.CCC(C)(C)C(=O)OCC1(O)C2CC3CC(C2)CC1C3.CCC(C)(C)C(=O)OCC12CC3CC(C)(C1)CC(C)(C2)C3(C)C.CCOC(=O)C(C)(C)CC. The fourth-order valence-corrected chi connectivity index (χ4v) is 13.9. The van der Waals surface area contributed by atoms with Gasteiger partial charge in [-0.3, -0.25) is 14.4 Å². The maximum Gasteiger partial charge on any atom is 0.311 e. The molecule has 0 radical (unpaired) electrons. The van der Waals surface area contributed by atoms with E-state index in [0.29, 0.717) is 41.3 Å². The predicted molar refractivity (Wildman–Crippen MR) is 253 cm³/mol. The minimum absolute atomic E-state index is 0.00897. The molecular formula is C55H95NO7. The number of nitriles is 1. The minimum atomic E-state index is -0.743. The standard InChI is InChI=1S/C21H36O2.C17H28O3.C8H16O2.C7H12.C2H3N/c1-8-17(2,3)16(22)23-14-21-10-15-9-19(6,12-21)11-20(7,13-21)18(15,4)5;1-4-16(2,3)15(18)20-10-17(19)13-6-11-5-12(8-13)9-14(17)7-11;1-5-8(3,4)7(9)10-6-2;1-2-7-4-3-6(1)5-7;1-2-3/h15H,8-14H2,1-7H3;11-14,19H,4-10H2,1-3H3;5-6H2,1-4H3;6-7H,1-5H2;1H3. The van der Waals surface area contributed by atoms with E-state index in [9.17, 15) is 19.5 Å². The molecule has 63 heavy (non-hydrogen) atoms. The molecule has 4 unspecified atom stereocenters. The summed E-state index contributed by atoms with van der Waals surface area (Å²) < 4.78 is 16.3. The number of carbonyl (C=O) groups is 3. The van der Waals surface area contributed by atoms with Crippen molar-refractivity contribution in [2.75, 3.05) is 19.8 Å². The van der Waals surface area contributed by atoms with Crippen LogP contribution in [-0.4, -0.2) is 48.4 Å². The van der Waals surface area contributed by atoms with Crippen LogP contribution in [0.5, 0.6) is 0 Å². The van der Waals surface area contributed by atoms with Gasteiger partial charge in [-0.1, -0.05) is 74.1 Å². The zero-order valence-corrected chi connectivity index (χ0v) is 43.2. The molecule has 0 saturated heterocycles. The Labute approximate surface area is 385 Å². The molecule has 0 aromatic carbocycles. The van der Waals surface area contributed by atoms with Crippen molar-refractivity contribution in [2.45, 2.75) is 225 Å². The summed E-state index contributed by atoms with van der Waals surface area (Å²) in [6.07, 6.45) is 22.6. The number of fused-ring (bicyclic) bond motifs is 2. The monoisotopic (exact) mass is 882 g/mol. The van der Waals surface area contributed by atoms with Crippen LogP contribution < -0.4 is 0 Å².